The van der Waals surface area contributed by atoms with Gasteiger partial charge in [-0.3, -0.25) is 0 Å². The lowest BCUT2D eigenvalue weighted by Gasteiger charge is -2.46. The van der Waals surface area contributed by atoms with Crippen molar-refractivity contribution in [2.24, 2.45) is 0 Å². The van der Waals surface area contributed by atoms with E-state index in [0.29, 0.717) is 5.94 Å². The van der Waals surface area contributed by atoms with Gasteiger partial charge in [0.05, 0.1) is 20.2 Å². The van der Waals surface area contributed by atoms with Crippen LogP contribution in [-0.2, 0) is 13.3 Å². The summed E-state index contributed by atoms with van der Waals surface area (Å²) in [6.07, 6.45) is -1.34. The summed E-state index contributed by atoms with van der Waals surface area (Å²) < 4.78 is 17.6. The molecule has 0 aliphatic rings. The lowest BCUT2D eigenvalue weighted by molar-refractivity contribution is -0.786. The Labute approximate surface area is 217 Å². The minimum Gasteiger partial charge on any atom is -0.379 e. The molecule has 0 radical (unpaired) electrons. The third-order valence-electron chi connectivity index (χ3n) is 6.95. The smallest absolute Gasteiger partial charge is 0.379 e. The first-order valence-electron chi connectivity index (χ1n) is 12.4. The number of para-hydroxylation sites is 1. The van der Waals surface area contributed by atoms with Crippen LogP contribution in [0.15, 0.2) is 121 Å². The molecule has 1 N–H and O–H groups in total. The molecule has 4 aromatic rings. The van der Waals surface area contributed by atoms with Gasteiger partial charge >= 0.3 is 8.80 Å². The second-order valence-electron chi connectivity index (χ2n) is 9.14. The summed E-state index contributed by atoms with van der Waals surface area (Å²) in [5.41, 5.74) is 5.08. The van der Waals surface area contributed by atoms with Crippen molar-refractivity contribution in [2.45, 2.75) is 5.94 Å². The first kappa shape index (κ1) is 27.6. The van der Waals surface area contributed by atoms with Gasteiger partial charge in [-0.15, -0.1) is 0 Å². The molecule has 0 saturated carbocycles. The van der Waals surface area contributed by atoms with Gasteiger partial charge < -0.3 is 18.2 Å². The maximum Gasteiger partial charge on any atom is 0.464 e. The maximum absolute atomic E-state index is 5.87. The molecule has 0 saturated heterocycles. The normalized spacial score (nSPS) is 11.6. The first-order valence-corrected chi connectivity index (χ1v) is 14.3. The fraction of sp³-hybridized carbons (Fsp3) is 0.200. The van der Waals surface area contributed by atoms with E-state index in [9.17, 15) is 0 Å². The van der Waals surface area contributed by atoms with Crippen molar-refractivity contribution in [2.75, 3.05) is 35.4 Å². The summed E-state index contributed by atoms with van der Waals surface area (Å²) in [6.45, 7) is 0. The second kappa shape index (κ2) is 13.3. The summed E-state index contributed by atoms with van der Waals surface area (Å²) >= 11 is 0. The second-order valence-corrected chi connectivity index (χ2v) is 12.1. The van der Waals surface area contributed by atoms with E-state index >= 15 is 0 Å². The zero-order valence-corrected chi connectivity index (χ0v) is 23.1. The highest BCUT2D eigenvalue weighted by atomic mass is 28.4. The van der Waals surface area contributed by atoms with Crippen molar-refractivity contribution in [1.29, 1.82) is 0 Å². The van der Waals surface area contributed by atoms with Crippen LogP contribution >= 0.6 is 0 Å². The van der Waals surface area contributed by atoms with E-state index in [4.69, 9.17) is 13.3 Å². The van der Waals surface area contributed by atoms with E-state index in [1.54, 1.807) is 21.3 Å². The predicted octanol–water partition coefficient (Wildman–Crippen LogP) is 3.04. The number of rotatable bonds is 9. The average Bonchev–Trinajstić information content (AvgIpc) is 2.96. The Hall–Kier alpha value is -3.00. The van der Waals surface area contributed by atoms with Gasteiger partial charge in [0.1, 0.15) is 5.69 Å². The molecule has 6 heteroatoms. The third kappa shape index (κ3) is 6.41. The molecule has 0 aliphatic carbocycles. The summed E-state index contributed by atoms with van der Waals surface area (Å²) in [5, 5.41) is 0. The van der Waals surface area contributed by atoms with Crippen LogP contribution in [0.1, 0.15) is 0 Å². The number of benzene rings is 4. The first-order chi connectivity index (χ1) is 17.5. The predicted molar refractivity (Wildman–Crippen MR) is 154 cm³/mol. The standard InChI is InChI=1S/C22H26BO3Si.C8H11N/c1-24-27(25-2,26-3)19-23(20-13-7-4-8-14-20,21-15-9-5-10-16-21)22-17-11-6-12-18-22;1-9(2)8-6-4-3-5-7-8/h4-18H,19H2,1-3H3;3-7H,1-2H3/q-1;/p+1. The molecule has 0 heterocycles. The van der Waals surface area contributed by atoms with Gasteiger partial charge in [-0.1, -0.05) is 115 Å². The number of hydrogen-bond acceptors (Lipinski definition) is 3. The third-order valence-corrected chi connectivity index (χ3v) is 9.92. The quantitative estimate of drug-likeness (QED) is 0.360. The zero-order chi connectivity index (χ0) is 25.9. The van der Waals surface area contributed by atoms with Gasteiger partial charge in [0, 0.05) is 21.3 Å². The van der Waals surface area contributed by atoms with Crippen molar-refractivity contribution in [1.82, 2.24) is 0 Å². The highest BCUT2D eigenvalue weighted by molar-refractivity contribution is 7.15. The fourth-order valence-electron chi connectivity index (χ4n) is 4.92. The van der Waals surface area contributed by atoms with Gasteiger partial charge in [0.15, 0.2) is 0 Å². The molecule has 0 aromatic heterocycles. The lowest BCUT2D eigenvalue weighted by atomic mass is 9.17. The summed E-state index contributed by atoms with van der Waals surface area (Å²) in [7, 11) is 6.41. The number of hydrogen-bond donors (Lipinski definition) is 1. The van der Waals surface area contributed by atoms with Crippen LogP contribution in [0.4, 0.5) is 5.69 Å². The van der Waals surface area contributed by atoms with Gasteiger partial charge in [-0.25, -0.2) is 0 Å². The van der Waals surface area contributed by atoms with Crippen LogP contribution in [0.2, 0.25) is 5.94 Å². The molecule has 36 heavy (non-hydrogen) atoms. The van der Waals surface area contributed by atoms with E-state index in [0.717, 1.165) is 0 Å². The van der Waals surface area contributed by atoms with Crippen molar-refractivity contribution >= 4 is 37.0 Å². The fourth-order valence-corrected chi connectivity index (χ4v) is 7.38. The molecule has 0 fully saturated rings. The molecule has 4 nitrogen and oxygen atoms in total. The van der Waals surface area contributed by atoms with Crippen LogP contribution < -0.4 is 21.3 Å². The zero-order valence-electron chi connectivity index (χ0n) is 22.1. The monoisotopic (exact) mass is 499 g/mol. The topological polar surface area (TPSA) is 32.1 Å². The molecule has 0 amide bonds. The van der Waals surface area contributed by atoms with Crippen LogP contribution in [0.25, 0.3) is 0 Å². The molecule has 0 bridgehead atoms. The minimum atomic E-state index is -2.87. The molecule has 0 unspecified atom stereocenters. The Kier molecular flexibility index (Phi) is 10.2. The summed E-state index contributed by atoms with van der Waals surface area (Å²) in [5.74, 6) is 0.661. The molecule has 4 rings (SSSR count). The van der Waals surface area contributed by atoms with Crippen molar-refractivity contribution in [3.63, 3.8) is 0 Å². The van der Waals surface area contributed by atoms with Crippen LogP contribution in [0.5, 0.6) is 0 Å². The van der Waals surface area contributed by atoms with Crippen LogP contribution in [0, 0.1) is 0 Å². The number of nitrogens with one attached hydrogen (secondary N) is 1. The van der Waals surface area contributed by atoms with E-state index in [2.05, 4.69) is 111 Å². The Morgan fingerprint density at radius 2 is 0.833 bits per heavy atom. The summed E-state index contributed by atoms with van der Waals surface area (Å²) in [4.78, 5) is 1.37. The Balaban J connectivity index is 0.000000338. The average molecular weight is 500 g/mol. The van der Waals surface area contributed by atoms with E-state index < -0.39 is 15.0 Å². The maximum atomic E-state index is 5.87. The van der Waals surface area contributed by atoms with Crippen LogP contribution in [-0.4, -0.2) is 50.4 Å². The lowest BCUT2D eigenvalue weighted by Crippen LogP contribution is -3.00. The minimum absolute atomic E-state index is 0.661. The molecule has 0 atom stereocenters. The highest BCUT2D eigenvalue weighted by Crippen LogP contribution is 2.23. The molecule has 0 spiro atoms. The van der Waals surface area contributed by atoms with Crippen molar-refractivity contribution in [3.8, 4) is 0 Å². The van der Waals surface area contributed by atoms with Gasteiger partial charge in [-0.05, 0) is 12.1 Å². The van der Waals surface area contributed by atoms with Gasteiger partial charge in [0.2, 0.25) is 0 Å². The SMILES string of the molecule is CO[Si](C[B-](c1ccccc1)(c1ccccc1)c1ccccc1)(OC)OC.C[NH+](C)c1ccccc1. The van der Waals surface area contributed by atoms with Crippen molar-refractivity contribution < 1.29 is 18.2 Å². The van der Waals surface area contributed by atoms with Gasteiger partial charge in [0.25, 0.3) is 0 Å². The largest absolute Gasteiger partial charge is 0.464 e. The van der Waals surface area contributed by atoms with Crippen molar-refractivity contribution in [3.05, 3.63) is 121 Å². The molecule has 188 valence electrons. The van der Waals surface area contributed by atoms with Crippen LogP contribution in [0.3, 0.4) is 0 Å². The Morgan fingerprint density at radius 3 is 1.08 bits per heavy atom. The molecule has 0 aliphatic heterocycles. The Bertz CT molecular complexity index is 1040. The number of quaternary nitrogens is 1. The van der Waals surface area contributed by atoms with Gasteiger partial charge in [-0.2, -0.15) is 16.4 Å². The molecule has 4 aromatic carbocycles. The van der Waals surface area contributed by atoms with E-state index in [-0.39, 0.29) is 0 Å². The molecular weight excluding hydrogens is 461 g/mol. The highest BCUT2D eigenvalue weighted by Gasteiger charge is 2.45. The van der Waals surface area contributed by atoms with E-state index in [1.165, 1.54) is 27.0 Å². The van der Waals surface area contributed by atoms with E-state index in [1.807, 2.05) is 24.3 Å². The molecular formula is C30H38BNO3Si. The summed E-state index contributed by atoms with van der Waals surface area (Å²) in [6, 6.07) is 42.3. The Morgan fingerprint density at radius 1 is 0.528 bits per heavy atom.